The summed E-state index contributed by atoms with van der Waals surface area (Å²) in [6.07, 6.45) is 0.962. The minimum absolute atomic E-state index is 0.191. The van der Waals surface area contributed by atoms with Gasteiger partial charge < -0.3 is 9.64 Å². The van der Waals surface area contributed by atoms with Gasteiger partial charge in [0.1, 0.15) is 0 Å². The van der Waals surface area contributed by atoms with Gasteiger partial charge in [0.05, 0.1) is 7.11 Å². The fraction of sp³-hybridized carbons (Fsp3) is 0.750. The standard InChI is InChI=1S/C8H13NO3S/c1-9(6-3-4-13-5-6)7(10)8(11)12-2/h6H,3-5H2,1-2H3. The zero-order chi connectivity index (χ0) is 9.84. The van der Waals surface area contributed by atoms with E-state index >= 15 is 0 Å². The molecule has 0 aromatic carbocycles. The van der Waals surface area contributed by atoms with E-state index in [9.17, 15) is 9.59 Å². The molecule has 13 heavy (non-hydrogen) atoms. The van der Waals surface area contributed by atoms with Crippen LogP contribution < -0.4 is 0 Å². The summed E-state index contributed by atoms with van der Waals surface area (Å²) in [6, 6.07) is 0.191. The fourth-order valence-corrected chi connectivity index (χ4v) is 2.49. The third kappa shape index (κ3) is 2.37. The molecule has 5 heteroatoms. The first-order valence-electron chi connectivity index (χ1n) is 4.09. The van der Waals surface area contributed by atoms with Crippen molar-refractivity contribution in [2.24, 2.45) is 0 Å². The maximum absolute atomic E-state index is 11.3. The first-order valence-corrected chi connectivity index (χ1v) is 5.25. The minimum Gasteiger partial charge on any atom is -0.462 e. The molecule has 1 aliphatic rings. The largest absolute Gasteiger partial charge is 0.462 e. The van der Waals surface area contributed by atoms with Gasteiger partial charge in [0.15, 0.2) is 0 Å². The van der Waals surface area contributed by atoms with Crippen LogP contribution in [-0.2, 0) is 14.3 Å². The Hall–Kier alpha value is -0.710. The molecular weight excluding hydrogens is 190 g/mol. The molecule has 1 aliphatic heterocycles. The number of nitrogens with zero attached hydrogens (tertiary/aromatic N) is 1. The number of ether oxygens (including phenoxy) is 1. The van der Waals surface area contributed by atoms with Crippen molar-refractivity contribution in [3.63, 3.8) is 0 Å². The van der Waals surface area contributed by atoms with Gasteiger partial charge in [-0.05, 0) is 12.2 Å². The van der Waals surface area contributed by atoms with Gasteiger partial charge in [-0.25, -0.2) is 4.79 Å². The summed E-state index contributed by atoms with van der Waals surface area (Å²) in [5, 5.41) is 0. The van der Waals surface area contributed by atoms with Crippen LogP contribution >= 0.6 is 11.8 Å². The molecular formula is C8H13NO3S. The van der Waals surface area contributed by atoms with Crippen LogP contribution in [0.15, 0.2) is 0 Å². The van der Waals surface area contributed by atoms with Crippen molar-refractivity contribution in [2.75, 3.05) is 25.7 Å². The van der Waals surface area contributed by atoms with E-state index in [1.165, 1.54) is 12.0 Å². The number of hydrogen-bond acceptors (Lipinski definition) is 4. The van der Waals surface area contributed by atoms with Gasteiger partial charge in [-0.15, -0.1) is 0 Å². The second-order valence-corrected chi connectivity index (χ2v) is 4.07. The highest BCUT2D eigenvalue weighted by molar-refractivity contribution is 7.99. The lowest BCUT2D eigenvalue weighted by molar-refractivity contribution is -0.158. The summed E-state index contributed by atoms with van der Waals surface area (Å²) >= 11 is 1.80. The van der Waals surface area contributed by atoms with Gasteiger partial charge >= 0.3 is 11.9 Å². The number of esters is 1. The lowest BCUT2D eigenvalue weighted by Crippen LogP contribution is -2.41. The number of rotatable bonds is 1. The van der Waals surface area contributed by atoms with E-state index in [2.05, 4.69) is 4.74 Å². The maximum Gasteiger partial charge on any atom is 0.396 e. The van der Waals surface area contributed by atoms with Crippen molar-refractivity contribution in [3.8, 4) is 0 Å². The Labute approximate surface area is 81.6 Å². The Morgan fingerprint density at radius 3 is 2.69 bits per heavy atom. The van der Waals surface area contributed by atoms with Crippen LogP contribution in [-0.4, -0.2) is 48.5 Å². The van der Waals surface area contributed by atoms with Crippen LogP contribution in [0.4, 0.5) is 0 Å². The number of carbonyl (C=O) groups excluding carboxylic acids is 2. The molecule has 0 N–H and O–H groups in total. The van der Waals surface area contributed by atoms with E-state index in [0.717, 1.165) is 17.9 Å². The minimum atomic E-state index is -0.778. The highest BCUT2D eigenvalue weighted by atomic mass is 32.2. The van der Waals surface area contributed by atoms with E-state index in [-0.39, 0.29) is 6.04 Å². The Kier molecular flexibility index (Phi) is 3.59. The van der Waals surface area contributed by atoms with Crippen molar-refractivity contribution in [1.29, 1.82) is 0 Å². The fourth-order valence-electron chi connectivity index (χ4n) is 1.22. The first-order chi connectivity index (χ1) is 6.16. The maximum atomic E-state index is 11.3. The first kappa shape index (κ1) is 10.4. The Morgan fingerprint density at radius 1 is 1.54 bits per heavy atom. The topological polar surface area (TPSA) is 46.6 Å². The van der Waals surface area contributed by atoms with Gasteiger partial charge in [0.25, 0.3) is 0 Å². The van der Waals surface area contributed by atoms with Crippen LogP contribution in [0.2, 0.25) is 0 Å². The number of hydrogen-bond donors (Lipinski definition) is 0. The summed E-state index contributed by atoms with van der Waals surface area (Å²) in [4.78, 5) is 23.7. The molecule has 0 aliphatic carbocycles. The highest BCUT2D eigenvalue weighted by Gasteiger charge is 2.28. The second kappa shape index (κ2) is 4.50. The Bertz CT molecular complexity index is 213. The SMILES string of the molecule is COC(=O)C(=O)N(C)C1CCSC1. The van der Waals surface area contributed by atoms with Crippen LogP contribution in [0.3, 0.4) is 0 Å². The van der Waals surface area contributed by atoms with Crippen LogP contribution in [0.25, 0.3) is 0 Å². The third-order valence-corrected chi connectivity index (χ3v) is 3.28. The van der Waals surface area contributed by atoms with Crippen molar-refractivity contribution in [2.45, 2.75) is 12.5 Å². The van der Waals surface area contributed by atoms with E-state index in [1.54, 1.807) is 18.8 Å². The molecule has 0 bridgehead atoms. The molecule has 1 amide bonds. The van der Waals surface area contributed by atoms with Crippen molar-refractivity contribution in [3.05, 3.63) is 0 Å². The molecule has 0 aromatic rings. The molecule has 74 valence electrons. The molecule has 4 nitrogen and oxygen atoms in total. The molecule has 0 aromatic heterocycles. The van der Waals surface area contributed by atoms with Gasteiger partial charge in [-0.3, -0.25) is 4.79 Å². The highest BCUT2D eigenvalue weighted by Crippen LogP contribution is 2.21. The summed E-state index contributed by atoms with van der Waals surface area (Å²) < 4.78 is 4.36. The summed E-state index contributed by atoms with van der Waals surface area (Å²) in [6.45, 7) is 0. The number of amides is 1. The number of likely N-dealkylation sites (N-methyl/N-ethyl adjacent to an activating group) is 1. The summed E-state index contributed by atoms with van der Waals surface area (Å²) in [5.74, 6) is 0.650. The molecule has 1 unspecified atom stereocenters. The van der Waals surface area contributed by atoms with Crippen LogP contribution in [0.1, 0.15) is 6.42 Å². The molecule has 1 rings (SSSR count). The molecule has 1 saturated heterocycles. The smallest absolute Gasteiger partial charge is 0.396 e. The molecule has 0 saturated carbocycles. The van der Waals surface area contributed by atoms with Gasteiger partial charge in [0.2, 0.25) is 0 Å². The van der Waals surface area contributed by atoms with E-state index in [1.807, 2.05) is 0 Å². The second-order valence-electron chi connectivity index (χ2n) is 2.93. The van der Waals surface area contributed by atoms with Crippen LogP contribution in [0.5, 0.6) is 0 Å². The summed E-state index contributed by atoms with van der Waals surface area (Å²) in [5.41, 5.74) is 0. The number of carbonyl (C=O) groups is 2. The Balaban J connectivity index is 2.50. The van der Waals surface area contributed by atoms with Crippen molar-refractivity contribution in [1.82, 2.24) is 4.90 Å². The molecule has 1 heterocycles. The zero-order valence-electron chi connectivity index (χ0n) is 7.78. The van der Waals surface area contributed by atoms with Gasteiger partial charge in [-0.2, -0.15) is 11.8 Å². The quantitative estimate of drug-likeness (QED) is 0.449. The molecule has 1 fully saturated rings. The molecule has 0 spiro atoms. The third-order valence-electron chi connectivity index (χ3n) is 2.13. The van der Waals surface area contributed by atoms with Crippen molar-refractivity contribution < 1.29 is 14.3 Å². The Morgan fingerprint density at radius 2 is 2.23 bits per heavy atom. The van der Waals surface area contributed by atoms with Gasteiger partial charge in [-0.1, -0.05) is 0 Å². The van der Waals surface area contributed by atoms with E-state index in [4.69, 9.17) is 0 Å². The zero-order valence-corrected chi connectivity index (χ0v) is 8.60. The lowest BCUT2D eigenvalue weighted by atomic mass is 10.2. The van der Waals surface area contributed by atoms with E-state index < -0.39 is 11.9 Å². The number of methoxy groups -OCH3 is 1. The molecule has 0 radical (unpaired) electrons. The lowest BCUT2D eigenvalue weighted by Gasteiger charge is -2.21. The monoisotopic (exact) mass is 203 g/mol. The van der Waals surface area contributed by atoms with Gasteiger partial charge in [0, 0.05) is 18.8 Å². The van der Waals surface area contributed by atoms with E-state index in [0.29, 0.717) is 0 Å². The molecule has 1 atom stereocenters. The predicted molar refractivity (Wildman–Crippen MR) is 50.5 cm³/mol. The van der Waals surface area contributed by atoms with Crippen LogP contribution in [0, 0.1) is 0 Å². The normalized spacial score (nSPS) is 21.2. The average molecular weight is 203 g/mol. The number of thioether (sulfide) groups is 1. The van der Waals surface area contributed by atoms with Crippen molar-refractivity contribution >= 4 is 23.6 Å². The predicted octanol–water partition coefficient (Wildman–Crippen LogP) is 0.123. The average Bonchev–Trinajstić information content (AvgIpc) is 2.67. The summed E-state index contributed by atoms with van der Waals surface area (Å²) in [7, 11) is 2.87.